The molecule has 0 radical (unpaired) electrons. The summed E-state index contributed by atoms with van der Waals surface area (Å²) in [5.74, 6) is 0.865. The van der Waals surface area contributed by atoms with E-state index in [4.69, 9.17) is 0 Å². The van der Waals surface area contributed by atoms with Crippen LogP contribution in [0.1, 0.15) is 23.7 Å². The lowest BCUT2D eigenvalue weighted by Crippen LogP contribution is -2.38. The van der Waals surface area contributed by atoms with Crippen molar-refractivity contribution < 1.29 is 0 Å². The molecule has 1 heterocycles. The fraction of sp³-hybridized carbons (Fsp3) is 0.375. The Morgan fingerprint density at radius 1 is 1.24 bits per heavy atom. The van der Waals surface area contributed by atoms with Gasteiger partial charge in [0.05, 0.1) is 12.2 Å². The number of aromatic nitrogens is 2. The largest absolute Gasteiger partial charge is 0.351 e. The van der Waals surface area contributed by atoms with E-state index in [0.29, 0.717) is 6.54 Å². The predicted octanol–water partition coefficient (Wildman–Crippen LogP) is 2.18. The second-order valence-corrected chi connectivity index (χ2v) is 5.01. The lowest BCUT2D eigenvalue weighted by atomic mass is 10.1. The smallest absolute Gasteiger partial charge is 0.194 e. The Hall–Kier alpha value is -2.30. The van der Waals surface area contributed by atoms with Crippen LogP contribution in [0.25, 0.3) is 0 Å². The quantitative estimate of drug-likeness (QED) is 0.654. The molecular weight excluding hydrogens is 262 g/mol. The molecule has 0 saturated heterocycles. The fourth-order valence-corrected chi connectivity index (χ4v) is 2.17. The summed E-state index contributed by atoms with van der Waals surface area (Å²) >= 11 is 0. The minimum atomic E-state index is 0.686. The van der Waals surface area contributed by atoms with Crippen LogP contribution in [0.15, 0.2) is 41.5 Å². The first-order valence-electron chi connectivity index (χ1n) is 7.20. The van der Waals surface area contributed by atoms with Gasteiger partial charge in [0.25, 0.3) is 0 Å². The van der Waals surface area contributed by atoms with E-state index in [-0.39, 0.29) is 0 Å². The Kier molecular flexibility index (Phi) is 5.37. The molecule has 5 nitrogen and oxygen atoms in total. The van der Waals surface area contributed by atoms with Crippen molar-refractivity contribution in [3.05, 3.63) is 53.3 Å². The molecule has 0 amide bonds. The number of nitrogens with zero attached hydrogens (tertiary/aromatic N) is 3. The van der Waals surface area contributed by atoms with Gasteiger partial charge >= 0.3 is 0 Å². The molecule has 2 rings (SSSR count). The van der Waals surface area contributed by atoms with E-state index >= 15 is 0 Å². The van der Waals surface area contributed by atoms with E-state index in [1.54, 1.807) is 13.2 Å². The zero-order valence-corrected chi connectivity index (χ0v) is 12.9. The van der Waals surface area contributed by atoms with Gasteiger partial charge in [-0.15, -0.1) is 0 Å². The van der Waals surface area contributed by atoms with Crippen LogP contribution in [0.2, 0.25) is 0 Å². The summed E-state index contributed by atoms with van der Waals surface area (Å²) in [7, 11) is 3.84. The number of H-pyrrole nitrogens is 1. The summed E-state index contributed by atoms with van der Waals surface area (Å²) in [5.41, 5.74) is 3.68. The Morgan fingerprint density at radius 2 is 1.95 bits per heavy atom. The summed E-state index contributed by atoms with van der Waals surface area (Å²) < 4.78 is 0. The van der Waals surface area contributed by atoms with Gasteiger partial charge in [0.15, 0.2) is 5.96 Å². The summed E-state index contributed by atoms with van der Waals surface area (Å²) in [6.45, 7) is 3.68. The van der Waals surface area contributed by atoms with Gasteiger partial charge in [-0.05, 0) is 23.6 Å². The summed E-state index contributed by atoms with van der Waals surface area (Å²) in [5, 5.41) is 10.2. The molecule has 0 aliphatic heterocycles. The van der Waals surface area contributed by atoms with E-state index in [0.717, 1.165) is 24.6 Å². The van der Waals surface area contributed by atoms with Gasteiger partial charge in [0, 0.05) is 26.8 Å². The number of benzene rings is 1. The van der Waals surface area contributed by atoms with E-state index in [1.807, 2.05) is 13.1 Å². The van der Waals surface area contributed by atoms with Crippen molar-refractivity contribution in [1.82, 2.24) is 20.4 Å². The Morgan fingerprint density at radius 3 is 2.52 bits per heavy atom. The van der Waals surface area contributed by atoms with Gasteiger partial charge in [-0.25, -0.2) is 0 Å². The normalized spacial score (nSPS) is 11.5. The maximum atomic E-state index is 4.31. The third-order valence-electron chi connectivity index (χ3n) is 3.42. The first-order valence-corrected chi connectivity index (χ1v) is 7.20. The lowest BCUT2D eigenvalue weighted by molar-refractivity contribution is 0.476. The lowest BCUT2D eigenvalue weighted by Gasteiger charge is -2.22. The van der Waals surface area contributed by atoms with Gasteiger partial charge in [0.2, 0.25) is 0 Å². The monoisotopic (exact) mass is 285 g/mol. The molecular formula is C16H23N5. The average molecular weight is 285 g/mol. The first-order chi connectivity index (χ1) is 10.2. The van der Waals surface area contributed by atoms with Gasteiger partial charge < -0.3 is 10.2 Å². The molecule has 0 fully saturated rings. The van der Waals surface area contributed by atoms with E-state index in [2.05, 4.69) is 56.6 Å². The average Bonchev–Trinajstić information content (AvgIpc) is 3.02. The maximum Gasteiger partial charge on any atom is 0.194 e. The Bertz CT molecular complexity index is 557. The second kappa shape index (κ2) is 7.47. The van der Waals surface area contributed by atoms with Crippen LogP contribution < -0.4 is 5.32 Å². The zero-order chi connectivity index (χ0) is 15.1. The molecule has 0 atom stereocenters. The highest BCUT2D eigenvalue weighted by molar-refractivity contribution is 5.79. The van der Waals surface area contributed by atoms with Crippen molar-refractivity contribution in [3.63, 3.8) is 0 Å². The number of nitrogens with one attached hydrogen (secondary N) is 2. The number of aromatic amines is 1. The predicted molar refractivity (Wildman–Crippen MR) is 86.1 cm³/mol. The molecule has 5 heteroatoms. The van der Waals surface area contributed by atoms with Crippen LogP contribution in [0.3, 0.4) is 0 Å². The van der Waals surface area contributed by atoms with Crippen LogP contribution in [0.5, 0.6) is 0 Å². The summed E-state index contributed by atoms with van der Waals surface area (Å²) in [6.07, 6.45) is 2.82. The standard InChI is InChI=1S/C16H23N5/c1-4-13-5-7-14(8-6-13)12-21(3)16(17-2)18-11-15-9-10-19-20-15/h5-10H,4,11-12H2,1-3H3,(H,17,18)(H,19,20). The molecule has 21 heavy (non-hydrogen) atoms. The number of hydrogen-bond donors (Lipinski definition) is 2. The molecule has 0 unspecified atom stereocenters. The molecule has 2 N–H and O–H groups in total. The van der Waals surface area contributed by atoms with Crippen LogP contribution in [0, 0.1) is 0 Å². The number of guanidine groups is 1. The highest BCUT2D eigenvalue weighted by atomic mass is 15.3. The minimum absolute atomic E-state index is 0.686. The van der Waals surface area contributed by atoms with Crippen molar-refractivity contribution in [2.45, 2.75) is 26.4 Å². The molecule has 112 valence electrons. The molecule has 0 aliphatic carbocycles. The molecule has 1 aromatic heterocycles. The molecule has 0 spiro atoms. The molecule has 0 saturated carbocycles. The second-order valence-electron chi connectivity index (χ2n) is 5.01. The van der Waals surface area contributed by atoms with Crippen molar-refractivity contribution in [2.24, 2.45) is 4.99 Å². The SMILES string of the molecule is CCc1ccc(CN(C)C(=NC)NCc2ccn[nH]2)cc1. The fourth-order valence-electron chi connectivity index (χ4n) is 2.17. The third kappa shape index (κ3) is 4.34. The van der Waals surface area contributed by atoms with Crippen molar-refractivity contribution in [3.8, 4) is 0 Å². The van der Waals surface area contributed by atoms with E-state index < -0.39 is 0 Å². The minimum Gasteiger partial charge on any atom is -0.351 e. The topological polar surface area (TPSA) is 56.3 Å². The third-order valence-corrected chi connectivity index (χ3v) is 3.42. The van der Waals surface area contributed by atoms with Crippen LogP contribution >= 0.6 is 0 Å². The number of hydrogen-bond acceptors (Lipinski definition) is 2. The van der Waals surface area contributed by atoms with Crippen LogP contribution in [-0.2, 0) is 19.5 Å². The van der Waals surface area contributed by atoms with Gasteiger partial charge in [-0.3, -0.25) is 10.1 Å². The Labute approximate surface area is 126 Å². The van der Waals surface area contributed by atoms with E-state index in [1.165, 1.54) is 11.1 Å². The van der Waals surface area contributed by atoms with Crippen molar-refractivity contribution in [2.75, 3.05) is 14.1 Å². The van der Waals surface area contributed by atoms with Gasteiger partial charge in [0.1, 0.15) is 0 Å². The highest BCUT2D eigenvalue weighted by Gasteiger charge is 2.06. The maximum absolute atomic E-state index is 4.31. The molecule has 0 aliphatic rings. The summed E-state index contributed by atoms with van der Waals surface area (Å²) in [6, 6.07) is 10.7. The van der Waals surface area contributed by atoms with Gasteiger partial charge in [-0.1, -0.05) is 31.2 Å². The van der Waals surface area contributed by atoms with Crippen molar-refractivity contribution in [1.29, 1.82) is 0 Å². The first kappa shape index (κ1) is 15.1. The molecule has 2 aromatic rings. The summed E-state index contributed by atoms with van der Waals surface area (Å²) in [4.78, 5) is 6.42. The van der Waals surface area contributed by atoms with Crippen molar-refractivity contribution >= 4 is 5.96 Å². The molecule has 0 bridgehead atoms. The van der Waals surface area contributed by atoms with E-state index in [9.17, 15) is 0 Å². The highest BCUT2D eigenvalue weighted by Crippen LogP contribution is 2.07. The number of aryl methyl sites for hydroxylation is 1. The van der Waals surface area contributed by atoms with Crippen LogP contribution in [0.4, 0.5) is 0 Å². The Balaban J connectivity index is 1.91. The van der Waals surface area contributed by atoms with Gasteiger partial charge in [-0.2, -0.15) is 5.10 Å². The number of aliphatic imine (C=N–C) groups is 1. The number of rotatable bonds is 5. The molecule has 1 aromatic carbocycles. The zero-order valence-electron chi connectivity index (χ0n) is 12.9. The van der Waals surface area contributed by atoms with Crippen LogP contribution in [-0.4, -0.2) is 35.2 Å².